The van der Waals surface area contributed by atoms with Crippen LogP contribution in [0.4, 0.5) is 0 Å². The standard InChI is InChI=1S/C23H27N3O3.C16H16O3.C7H13N3O/c1-15-13-18(17(3)29-19-9-7-6-8-10-19)11-12-20(15)22(27)24-14-21-16(2)25-26(4)23(21)28-5;1-11-10-13(8-9-15(11)16(17)18)12(2)19-14-6-4-3-5-7-14;1-5-6(4-8)7(11-3)10(2)9-5/h6-13,17H,14H2,1-5H3,(H,24,27);3-10,12H,1-2H3,(H,17,18);4,8H2,1-3H3. The number of hydrogen-bond acceptors (Lipinski definition) is 9. The number of nitrogens with one attached hydrogen (secondary N) is 1. The van der Waals surface area contributed by atoms with Crippen molar-refractivity contribution >= 4 is 11.9 Å². The van der Waals surface area contributed by atoms with Crippen molar-refractivity contribution in [2.45, 2.75) is 66.8 Å². The van der Waals surface area contributed by atoms with Crippen LogP contribution in [0.1, 0.15) is 91.5 Å². The average molecular weight is 805 g/mol. The van der Waals surface area contributed by atoms with E-state index in [2.05, 4.69) is 15.5 Å². The highest BCUT2D eigenvalue weighted by atomic mass is 16.5. The van der Waals surface area contributed by atoms with Crippen LogP contribution in [0.15, 0.2) is 97.1 Å². The summed E-state index contributed by atoms with van der Waals surface area (Å²) in [5.74, 6) is 2.00. The lowest BCUT2D eigenvalue weighted by Crippen LogP contribution is -2.24. The van der Waals surface area contributed by atoms with E-state index in [4.69, 9.17) is 29.8 Å². The fourth-order valence-electron chi connectivity index (χ4n) is 6.49. The quantitative estimate of drug-likeness (QED) is 0.104. The number of amides is 1. The number of nitrogens with zero attached hydrogens (tertiary/aromatic N) is 4. The fourth-order valence-corrected chi connectivity index (χ4v) is 6.49. The summed E-state index contributed by atoms with van der Waals surface area (Å²) in [7, 11) is 6.88. The first kappa shape index (κ1) is 45.1. The van der Waals surface area contributed by atoms with Gasteiger partial charge in [0.15, 0.2) is 0 Å². The second kappa shape index (κ2) is 21.2. The summed E-state index contributed by atoms with van der Waals surface area (Å²) in [6.45, 7) is 12.3. The Morgan fingerprint density at radius 2 is 1.10 bits per heavy atom. The van der Waals surface area contributed by atoms with Crippen molar-refractivity contribution in [2.75, 3.05) is 14.2 Å². The summed E-state index contributed by atoms with van der Waals surface area (Å²) in [4.78, 5) is 23.7. The molecule has 6 aromatic rings. The third-order valence-electron chi connectivity index (χ3n) is 9.62. The minimum absolute atomic E-state index is 0.115. The van der Waals surface area contributed by atoms with Crippen molar-refractivity contribution in [3.05, 3.63) is 153 Å². The largest absolute Gasteiger partial charge is 0.486 e. The monoisotopic (exact) mass is 804 g/mol. The van der Waals surface area contributed by atoms with E-state index >= 15 is 0 Å². The maximum absolute atomic E-state index is 12.7. The zero-order valence-electron chi connectivity index (χ0n) is 35.6. The molecule has 2 unspecified atom stereocenters. The Bertz CT molecular complexity index is 2280. The van der Waals surface area contributed by atoms with Crippen molar-refractivity contribution in [3.63, 3.8) is 0 Å². The summed E-state index contributed by atoms with van der Waals surface area (Å²) in [6, 6.07) is 30.3. The number of rotatable bonds is 13. The van der Waals surface area contributed by atoms with E-state index in [1.54, 1.807) is 42.6 Å². The molecular weight excluding hydrogens is 749 g/mol. The number of hydrogen-bond donors (Lipinski definition) is 3. The minimum Gasteiger partial charge on any atom is -0.486 e. The topological polar surface area (TPSA) is 165 Å². The third kappa shape index (κ3) is 12.0. The Labute approximate surface area is 346 Å². The predicted octanol–water partition coefficient (Wildman–Crippen LogP) is 8.14. The Kier molecular flexibility index (Phi) is 16.2. The maximum Gasteiger partial charge on any atom is 0.335 e. The average Bonchev–Trinajstić information content (AvgIpc) is 3.67. The molecule has 0 saturated heterocycles. The summed E-state index contributed by atoms with van der Waals surface area (Å²) in [5, 5.41) is 20.5. The van der Waals surface area contributed by atoms with Crippen molar-refractivity contribution in [2.24, 2.45) is 19.8 Å². The molecule has 59 heavy (non-hydrogen) atoms. The van der Waals surface area contributed by atoms with Crippen molar-refractivity contribution in [1.29, 1.82) is 0 Å². The molecule has 2 atom stereocenters. The van der Waals surface area contributed by atoms with Gasteiger partial charge in [0.1, 0.15) is 23.7 Å². The summed E-state index contributed by atoms with van der Waals surface area (Å²) in [6.07, 6.45) is -0.237. The number of aryl methyl sites for hydroxylation is 6. The van der Waals surface area contributed by atoms with Gasteiger partial charge in [-0.3, -0.25) is 4.79 Å². The molecule has 13 nitrogen and oxygen atoms in total. The highest BCUT2D eigenvalue weighted by Crippen LogP contribution is 2.26. The molecule has 2 aromatic heterocycles. The van der Waals surface area contributed by atoms with E-state index in [1.807, 2.05) is 134 Å². The van der Waals surface area contributed by atoms with Gasteiger partial charge < -0.3 is 35.1 Å². The molecule has 4 aromatic carbocycles. The number of aromatic carboxylic acids is 1. The second-order valence-corrected chi connectivity index (χ2v) is 13.9. The summed E-state index contributed by atoms with van der Waals surface area (Å²) >= 11 is 0. The van der Waals surface area contributed by atoms with Gasteiger partial charge in [0.2, 0.25) is 11.8 Å². The Morgan fingerprint density at radius 3 is 1.49 bits per heavy atom. The van der Waals surface area contributed by atoms with Gasteiger partial charge in [0.05, 0.1) is 48.8 Å². The Hall–Kier alpha value is -6.60. The normalized spacial score (nSPS) is 11.5. The van der Waals surface area contributed by atoms with E-state index in [0.717, 1.165) is 62.1 Å². The van der Waals surface area contributed by atoms with Crippen molar-refractivity contribution in [1.82, 2.24) is 24.9 Å². The number of carbonyl (C=O) groups is 2. The first-order valence-corrected chi connectivity index (χ1v) is 19.2. The SMILES string of the molecule is COc1c(CN)c(C)nn1C.COc1c(CNC(=O)c2ccc(C(C)Oc3ccccc3)cc2C)c(C)nn1C.Cc1cc(C(C)Oc2ccccc2)ccc1C(=O)O. The number of aromatic nitrogens is 4. The van der Waals surface area contributed by atoms with Gasteiger partial charge in [0.25, 0.3) is 5.91 Å². The lowest BCUT2D eigenvalue weighted by molar-refractivity contribution is 0.0695. The molecule has 1 amide bonds. The van der Waals surface area contributed by atoms with Crippen LogP contribution in [0.25, 0.3) is 0 Å². The number of methoxy groups -OCH3 is 2. The van der Waals surface area contributed by atoms with Gasteiger partial charge in [-0.05, 0) is 100 Å². The molecular formula is C46H56N6O7. The molecule has 0 saturated carbocycles. The summed E-state index contributed by atoms with van der Waals surface area (Å²) < 4.78 is 25.6. The zero-order chi connectivity index (χ0) is 43.2. The molecule has 0 radical (unpaired) electrons. The minimum atomic E-state index is -0.902. The second-order valence-electron chi connectivity index (χ2n) is 13.9. The highest BCUT2D eigenvalue weighted by Gasteiger charge is 2.18. The van der Waals surface area contributed by atoms with Gasteiger partial charge >= 0.3 is 5.97 Å². The molecule has 0 aliphatic heterocycles. The van der Waals surface area contributed by atoms with Crippen LogP contribution < -0.4 is 30.0 Å². The van der Waals surface area contributed by atoms with Gasteiger partial charge in [-0.2, -0.15) is 10.2 Å². The number of carboxylic acid groups (broad SMARTS) is 1. The van der Waals surface area contributed by atoms with Gasteiger partial charge in [-0.15, -0.1) is 0 Å². The van der Waals surface area contributed by atoms with Crippen LogP contribution in [0.2, 0.25) is 0 Å². The van der Waals surface area contributed by atoms with Gasteiger partial charge in [-0.25, -0.2) is 14.2 Å². The molecule has 2 heterocycles. The zero-order valence-corrected chi connectivity index (χ0v) is 35.6. The van der Waals surface area contributed by atoms with Crippen molar-refractivity contribution < 1.29 is 33.6 Å². The Balaban J connectivity index is 0.000000219. The number of carboxylic acids is 1. The molecule has 0 fully saturated rings. The number of nitrogens with two attached hydrogens (primary N) is 1. The van der Waals surface area contributed by atoms with Crippen LogP contribution in [-0.2, 0) is 27.2 Å². The lowest BCUT2D eigenvalue weighted by atomic mass is 10.0. The van der Waals surface area contributed by atoms with Gasteiger partial charge in [0, 0.05) is 26.2 Å². The Morgan fingerprint density at radius 1 is 0.678 bits per heavy atom. The van der Waals surface area contributed by atoms with Crippen LogP contribution in [0, 0.1) is 27.7 Å². The van der Waals surface area contributed by atoms with Crippen LogP contribution in [0.3, 0.4) is 0 Å². The number of benzene rings is 4. The first-order chi connectivity index (χ1) is 28.2. The lowest BCUT2D eigenvalue weighted by Gasteiger charge is -2.17. The number of carbonyl (C=O) groups excluding carboxylic acids is 1. The molecule has 312 valence electrons. The summed E-state index contributed by atoms with van der Waals surface area (Å²) in [5.41, 5.74) is 13.7. The van der Waals surface area contributed by atoms with E-state index in [-0.39, 0.29) is 18.1 Å². The van der Waals surface area contributed by atoms with Crippen LogP contribution >= 0.6 is 0 Å². The molecule has 4 N–H and O–H groups in total. The molecule has 0 spiro atoms. The molecule has 13 heteroatoms. The van der Waals surface area contributed by atoms with Gasteiger partial charge in [-0.1, -0.05) is 60.7 Å². The van der Waals surface area contributed by atoms with E-state index in [9.17, 15) is 9.59 Å². The van der Waals surface area contributed by atoms with E-state index < -0.39 is 5.97 Å². The highest BCUT2D eigenvalue weighted by molar-refractivity contribution is 5.95. The third-order valence-corrected chi connectivity index (χ3v) is 9.62. The number of para-hydroxylation sites is 2. The molecule has 0 bridgehead atoms. The molecule has 6 rings (SSSR count). The molecule has 0 aliphatic carbocycles. The van der Waals surface area contributed by atoms with Crippen molar-refractivity contribution in [3.8, 4) is 23.3 Å². The number of ether oxygens (including phenoxy) is 4. The first-order valence-electron chi connectivity index (χ1n) is 19.2. The maximum atomic E-state index is 12.7. The fraction of sp³-hybridized carbons (Fsp3) is 0.304. The van der Waals surface area contributed by atoms with Crippen LogP contribution in [0.5, 0.6) is 23.3 Å². The van der Waals surface area contributed by atoms with Crippen LogP contribution in [-0.4, -0.2) is 50.8 Å². The van der Waals surface area contributed by atoms with E-state index in [1.165, 1.54) is 0 Å². The molecule has 0 aliphatic rings. The predicted molar refractivity (Wildman–Crippen MR) is 228 cm³/mol. The smallest absolute Gasteiger partial charge is 0.335 e. The van der Waals surface area contributed by atoms with E-state index in [0.29, 0.717) is 30.1 Å².